The summed E-state index contributed by atoms with van der Waals surface area (Å²) in [7, 11) is 1.81. The first-order chi connectivity index (χ1) is 9.60. The predicted molar refractivity (Wildman–Crippen MR) is 77.5 cm³/mol. The van der Waals surface area contributed by atoms with Gasteiger partial charge in [-0.05, 0) is 37.3 Å². The monoisotopic (exact) mass is 277 g/mol. The number of para-hydroxylation sites is 1. The molecule has 1 aliphatic carbocycles. The van der Waals surface area contributed by atoms with Crippen LogP contribution in [0.3, 0.4) is 0 Å². The smallest absolute Gasteiger partial charge is 0.263 e. The highest BCUT2D eigenvalue weighted by atomic mass is 16.5. The van der Waals surface area contributed by atoms with E-state index in [1.807, 2.05) is 44.3 Å². The van der Waals surface area contributed by atoms with E-state index in [0.29, 0.717) is 18.9 Å². The third kappa shape index (κ3) is 3.73. The molecule has 1 fully saturated rings. The average Bonchev–Trinajstić information content (AvgIpc) is 2.43. The van der Waals surface area contributed by atoms with Crippen molar-refractivity contribution < 1.29 is 14.6 Å². The van der Waals surface area contributed by atoms with Crippen LogP contribution in [0.4, 0.5) is 0 Å². The van der Waals surface area contributed by atoms with Gasteiger partial charge in [-0.3, -0.25) is 4.79 Å². The summed E-state index contributed by atoms with van der Waals surface area (Å²) in [5.74, 6) is 1.16. The van der Waals surface area contributed by atoms with Gasteiger partial charge in [-0.15, -0.1) is 0 Å². The molecule has 1 amide bonds. The molecule has 0 bridgehead atoms. The van der Waals surface area contributed by atoms with Crippen LogP contribution in [0.5, 0.6) is 5.75 Å². The van der Waals surface area contributed by atoms with Crippen LogP contribution in [0.25, 0.3) is 0 Å². The van der Waals surface area contributed by atoms with Crippen molar-refractivity contribution in [1.29, 1.82) is 0 Å². The lowest BCUT2D eigenvalue weighted by Gasteiger charge is -2.35. The topological polar surface area (TPSA) is 49.8 Å². The summed E-state index contributed by atoms with van der Waals surface area (Å²) in [5.41, 5.74) is 0. The van der Waals surface area contributed by atoms with E-state index in [9.17, 15) is 9.90 Å². The van der Waals surface area contributed by atoms with Crippen LogP contribution < -0.4 is 4.74 Å². The second-order valence-electron chi connectivity index (χ2n) is 5.54. The number of amides is 1. The van der Waals surface area contributed by atoms with Gasteiger partial charge in [0.2, 0.25) is 0 Å². The fourth-order valence-electron chi connectivity index (χ4n) is 2.54. The molecule has 0 aliphatic heterocycles. The molecule has 20 heavy (non-hydrogen) atoms. The van der Waals surface area contributed by atoms with Crippen molar-refractivity contribution in [3.8, 4) is 5.75 Å². The molecule has 4 nitrogen and oxygen atoms in total. The maximum Gasteiger partial charge on any atom is 0.263 e. The summed E-state index contributed by atoms with van der Waals surface area (Å²) in [6.45, 7) is 2.65. The van der Waals surface area contributed by atoms with Crippen LogP contribution in [0, 0.1) is 5.92 Å². The van der Waals surface area contributed by atoms with E-state index in [-0.39, 0.29) is 12.0 Å². The lowest BCUT2D eigenvalue weighted by Crippen LogP contribution is -2.44. The van der Waals surface area contributed by atoms with Gasteiger partial charge in [0.15, 0.2) is 6.10 Å². The largest absolute Gasteiger partial charge is 0.481 e. The quantitative estimate of drug-likeness (QED) is 0.866. The van der Waals surface area contributed by atoms with Gasteiger partial charge in [-0.25, -0.2) is 0 Å². The zero-order valence-electron chi connectivity index (χ0n) is 12.2. The van der Waals surface area contributed by atoms with Crippen molar-refractivity contribution in [2.75, 3.05) is 13.6 Å². The zero-order chi connectivity index (χ0) is 14.5. The number of nitrogens with zero attached hydrogens (tertiary/aromatic N) is 1. The van der Waals surface area contributed by atoms with Gasteiger partial charge in [-0.1, -0.05) is 25.1 Å². The Morgan fingerprint density at radius 2 is 2.05 bits per heavy atom. The molecule has 110 valence electrons. The van der Waals surface area contributed by atoms with E-state index in [0.717, 1.165) is 18.6 Å². The normalized spacial score (nSPS) is 22.8. The second-order valence-corrected chi connectivity index (χ2v) is 5.54. The predicted octanol–water partition coefficient (Wildman–Crippen LogP) is 2.07. The fraction of sp³-hybridized carbons (Fsp3) is 0.562. The molecule has 1 unspecified atom stereocenters. The summed E-state index contributed by atoms with van der Waals surface area (Å²) in [4.78, 5) is 14.1. The van der Waals surface area contributed by atoms with E-state index >= 15 is 0 Å². The van der Waals surface area contributed by atoms with E-state index < -0.39 is 6.10 Å². The van der Waals surface area contributed by atoms with Gasteiger partial charge >= 0.3 is 0 Å². The van der Waals surface area contributed by atoms with Crippen molar-refractivity contribution in [3.63, 3.8) is 0 Å². The highest BCUT2D eigenvalue weighted by Crippen LogP contribution is 2.27. The molecule has 1 saturated carbocycles. The number of ether oxygens (including phenoxy) is 1. The van der Waals surface area contributed by atoms with Crippen LogP contribution in [0.2, 0.25) is 0 Å². The molecule has 0 saturated heterocycles. The van der Waals surface area contributed by atoms with Crippen molar-refractivity contribution >= 4 is 5.91 Å². The van der Waals surface area contributed by atoms with Crippen molar-refractivity contribution in [1.82, 2.24) is 4.90 Å². The number of hydrogen-bond donors (Lipinski definition) is 1. The standard InChI is InChI=1S/C16H23NO3/c1-3-15(20-14-7-5-4-6-8-14)16(19)17(2)11-12-9-13(18)10-12/h4-8,12-13,15,18H,3,9-11H2,1-2H3. The van der Waals surface area contributed by atoms with Gasteiger partial charge in [0.25, 0.3) is 5.91 Å². The van der Waals surface area contributed by atoms with Crippen LogP contribution in [0.15, 0.2) is 30.3 Å². The molecular weight excluding hydrogens is 254 g/mol. The maximum atomic E-state index is 12.4. The molecule has 1 atom stereocenters. The van der Waals surface area contributed by atoms with Gasteiger partial charge < -0.3 is 14.7 Å². The summed E-state index contributed by atoms with van der Waals surface area (Å²) < 4.78 is 5.76. The van der Waals surface area contributed by atoms with Crippen LogP contribution in [-0.4, -0.2) is 41.7 Å². The Morgan fingerprint density at radius 1 is 1.40 bits per heavy atom. The van der Waals surface area contributed by atoms with Crippen molar-refractivity contribution in [2.24, 2.45) is 5.92 Å². The molecule has 1 aliphatic rings. The highest BCUT2D eigenvalue weighted by molar-refractivity contribution is 5.81. The molecule has 1 N–H and O–H groups in total. The second kappa shape index (κ2) is 6.75. The first-order valence-corrected chi connectivity index (χ1v) is 7.25. The SMILES string of the molecule is CCC(Oc1ccccc1)C(=O)N(C)CC1CC(O)C1. The maximum absolute atomic E-state index is 12.4. The van der Waals surface area contributed by atoms with Gasteiger partial charge in [-0.2, -0.15) is 0 Å². The van der Waals surface area contributed by atoms with Gasteiger partial charge in [0.1, 0.15) is 5.75 Å². The van der Waals surface area contributed by atoms with Crippen molar-refractivity contribution in [3.05, 3.63) is 30.3 Å². The zero-order valence-corrected chi connectivity index (χ0v) is 12.2. The third-order valence-electron chi connectivity index (χ3n) is 3.79. The molecule has 0 spiro atoms. The number of benzene rings is 1. The Hall–Kier alpha value is -1.55. The van der Waals surface area contributed by atoms with Crippen LogP contribution in [0.1, 0.15) is 26.2 Å². The van der Waals surface area contributed by atoms with E-state index in [1.165, 1.54) is 0 Å². The van der Waals surface area contributed by atoms with Gasteiger partial charge in [0, 0.05) is 13.6 Å². The third-order valence-corrected chi connectivity index (χ3v) is 3.79. The fourth-order valence-corrected chi connectivity index (χ4v) is 2.54. The number of hydrogen-bond acceptors (Lipinski definition) is 3. The summed E-state index contributed by atoms with van der Waals surface area (Å²) >= 11 is 0. The number of aliphatic hydroxyl groups excluding tert-OH is 1. The Kier molecular flexibility index (Phi) is 5.01. The van der Waals surface area contributed by atoms with Crippen LogP contribution in [-0.2, 0) is 4.79 Å². The molecular formula is C16H23NO3. The molecule has 0 aromatic heterocycles. The molecule has 1 aromatic carbocycles. The minimum absolute atomic E-state index is 0.0118. The first kappa shape index (κ1) is 14.9. The van der Waals surface area contributed by atoms with Crippen LogP contribution >= 0.6 is 0 Å². The molecule has 2 rings (SSSR count). The van der Waals surface area contributed by atoms with Crippen molar-refractivity contribution in [2.45, 2.75) is 38.4 Å². The molecule has 1 aromatic rings. The lowest BCUT2D eigenvalue weighted by molar-refractivity contribution is -0.139. The Balaban J connectivity index is 1.87. The number of rotatable bonds is 6. The number of carbonyl (C=O) groups is 1. The molecule has 4 heteroatoms. The Morgan fingerprint density at radius 3 is 2.60 bits per heavy atom. The Bertz CT molecular complexity index is 429. The van der Waals surface area contributed by atoms with Gasteiger partial charge in [0.05, 0.1) is 6.10 Å². The highest BCUT2D eigenvalue weighted by Gasteiger charge is 2.31. The molecule has 0 heterocycles. The summed E-state index contributed by atoms with van der Waals surface area (Å²) in [6.07, 6.45) is 1.63. The first-order valence-electron chi connectivity index (χ1n) is 7.25. The minimum Gasteiger partial charge on any atom is -0.481 e. The average molecular weight is 277 g/mol. The summed E-state index contributed by atoms with van der Waals surface area (Å²) in [5, 5.41) is 9.29. The number of aliphatic hydroxyl groups is 1. The lowest BCUT2D eigenvalue weighted by atomic mass is 9.82. The minimum atomic E-state index is -0.438. The number of likely N-dealkylation sites (N-methyl/N-ethyl adjacent to an activating group) is 1. The summed E-state index contributed by atoms with van der Waals surface area (Å²) in [6, 6.07) is 9.43. The van der Waals surface area contributed by atoms with E-state index in [2.05, 4.69) is 0 Å². The van der Waals surface area contributed by atoms with E-state index in [1.54, 1.807) is 4.90 Å². The Labute approximate surface area is 120 Å². The van der Waals surface area contributed by atoms with E-state index in [4.69, 9.17) is 4.74 Å². The number of carbonyl (C=O) groups excluding carboxylic acids is 1. The molecule has 0 radical (unpaired) electrons.